The molecule has 0 heterocycles. The first-order valence-corrected chi connectivity index (χ1v) is 5.68. The van der Waals surface area contributed by atoms with Crippen LogP contribution in [0.25, 0.3) is 0 Å². The van der Waals surface area contributed by atoms with Gasteiger partial charge in [0.2, 0.25) is 0 Å². The van der Waals surface area contributed by atoms with Crippen LogP contribution in [0, 0.1) is 0 Å². The summed E-state index contributed by atoms with van der Waals surface area (Å²) in [4.78, 5) is 0. The topological polar surface area (TPSA) is 30.5 Å². The Balaban J connectivity index is 2.67. The number of rotatable bonds is 7. The molecular weight excluding hydrogens is 202 g/mol. The van der Waals surface area contributed by atoms with Crippen LogP contribution in [0.4, 0.5) is 0 Å². The Morgan fingerprint density at radius 1 is 1.19 bits per heavy atom. The third-order valence-corrected chi connectivity index (χ3v) is 2.49. The molecule has 0 amide bonds. The molecule has 1 atom stereocenters. The second kappa shape index (κ2) is 7.25. The third kappa shape index (κ3) is 3.83. The Bertz CT molecular complexity index is 284. The smallest absolute Gasteiger partial charge is 0.118 e. The van der Waals surface area contributed by atoms with Gasteiger partial charge in [-0.25, -0.2) is 0 Å². The van der Waals surface area contributed by atoms with Crippen LogP contribution in [-0.4, -0.2) is 27.4 Å². The highest BCUT2D eigenvalue weighted by Gasteiger charge is 2.09. The second-order valence-electron chi connectivity index (χ2n) is 3.74. The predicted molar refractivity (Wildman–Crippen MR) is 65.9 cm³/mol. The Labute approximate surface area is 97.8 Å². The maximum atomic E-state index is 5.22. The van der Waals surface area contributed by atoms with Crippen LogP contribution < -0.4 is 10.1 Å². The van der Waals surface area contributed by atoms with Crippen LogP contribution in [0.2, 0.25) is 0 Å². The average molecular weight is 223 g/mol. The Morgan fingerprint density at radius 3 is 2.38 bits per heavy atom. The highest BCUT2D eigenvalue weighted by Crippen LogP contribution is 2.17. The lowest BCUT2D eigenvalue weighted by atomic mass is 10.1. The standard InChI is InChI=1S/C13H21NO2/c1-4-9-14-13(10-15-2)11-5-7-12(16-3)8-6-11/h5-8,13-14H,4,9-10H2,1-3H3. The maximum Gasteiger partial charge on any atom is 0.118 e. The van der Waals surface area contributed by atoms with E-state index in [-0.39, 0.29) is 6.04 Å². The summed E-state index contributed by atoms with van der Waals surface area (Å²) < 4.78 is 10.4. The molecule has 1 aromatic rings. The van der Waals surface area contributed by atoms with E-state index in [1.807, 2.05) is 12.1 Å². The molecule has 0 spiro atoms. The fourth-order valence-electron chi connectivity index (χ4n) is 1.59. The van der Waals surface area contributed by atoms with Gasteiger partial charge in [0.1, 0.15) is 5.75 Å². The zero-order chi connectivity index (χ0) is 11.8. The lowest BCUT2D eigenvalue weighted by Crippen LogP contribution is -2.25. The minimum Gasteiger partial charge on any atom is -0.497 e. The number of ether oxygens (including phenoxy) is 2. The van der Waals surface area contributed by atoms with E-state index in [2.05, 4.69) is 24.4 Å². The van der Waals surface area contributed by atoms with Gasteiger partial charge < -0.3 is 14.8 Å². The van der Waals surface area contributed by atoms with Crippen molar-refractivity contribution in [1.82, 2.24) is 5.32 Å². The van der Waals surface area contributed by atoms with Crippen molar-refractivity contribution in [2.75, 3.05) is 27.4 Å². The largest absolute Gasteiger partial charge is 0.497 e. The summed E-state index contributed by atoms with van der Waals surface area (Å²) in [5, 5.41) is 3.46. The lowest BCUT2D eigenvalue weighted by molar-refractivity contribution is 0.167. The normalized spacial score (nSPS) is 12.4. The molecule has 16 heavy (non-hydrogen) atoms. The molecular formula is C13H21NO2. The first kappa shape index (κ1) is 13.0. The molecule has 0 aliphatic carbocycles. The van der Waals surface area contributed by atoms with Crippen LogP contribution in [0.15, 0.2) is 24.3 Å². The molecule has 3 nitrogen and oxygen atoms in total. The molecule has 0 radical (unpaired) electrons. The molecule has 90 valence electrons. The average Bonchev–Trinajstić information content (AvgIpc) is 2.35. The quantitative estimate of drug-likeness (QED) is 0.770. The Hall–Kier alpha value is -1.06. The molecule has 0 fully saturated rings. The summed E-state index contributed by atoms with van der Waals surface area (Å²) in [6, 6.07) is 8.36. The maximum absolute atomic E-state index is 5.22. The van der Waals surface area contributed by atoms with E-state index in [9.17, 15) is 0 Å². The van der Waals surface area contributed by atoms with Crippen molar-refractivity contribution in [3.8, 4) is 5.75 Å². The van der Waals surface area contributed by atoms with Gasteiger partial charge in [-0.1, -0.05) is 19.1 Å². The molecule has 0 aliphatic heterocycles. The van der Waals surface area contributed by atoms with Gasteiger partial charge in [-0.15, -0.1) is 0 Å². The first-order valence-electron chi connectivity index (χ1n) is 5.68. The summed E-state index contributed by atoms with van der Waals surface area (Å²) in [6.07, 6.45) is 1.12. The van der Waals surface area contributed by atoms with E-state index in [0.29, 0.717) is 6.61 Å². The van der Waals surface area contributed by atoms with Gasteiger partial charge in [0.05, 0.1) is 19.8 Å². The first-order chi connectivity index (χ1) is 7.81. The van der Waals surface area contributed by atoms with E-state index in [4.69, 9.17) is 9.47 Å². The number of hydrogen-bond donors (Lipinski definition) is 1. The van der Waals surface area contributed by atoms with Gasteiger partial charge in [-0.05, 0) is 30.7 Å². The third-order valence-electron chi connectivity index (χ3n) is 2.49. The Morgan fingerprint density at radius 2 is 1.88 bits per heavy atom. The molecule has 0 aliphatic rings. The second-order valence-corrected chi connectivity index (χ2v) is 3.74. The molecule has 0 bridgehead atoms. The number of benzene rings is 1. The number of methoxy groups -OCH3 is 2. The number of hydrogen-bond acceptors (Lipinski definition) is 3. The van der Waals surface area contributed by atoms with Gasteiger partial charge in [0, 0.05) is 7.11 Å². The van der Waals surface area contributed by atoms with Crippen molar-refractivity contribution in [3.05, 3.63) is 29.8 Å². The zero-order valence-corrected chi connectivity index (χ0v) is 10.3. The van der Waals surface area contributed by atoms with Gasteiger partial charge >= 0.3 is 0 Å². The lowest BCUT2D eigenvalue weighted by Gasteiger charge is -2.18. The van der Waals surface area contributed by atoms with Crippen LogP contribution in [0.1, 0.15) is 24.9 Å². The van der Waals surface area contributed by atoms with Crippen molar-refractivity contribution >= 4 is 0 Å². The molecule has 0 aromatic heterocycles. The highest BCUT2D eigenvalue weighted by atomic mass is 16.5. The summed E-state index contributed by atoms with van der Waals surface area (Å²) in [7, 11) is 3.40. The highest BCUT2D eigenvalue weighted by molar-refractivity contribution is 5.29. The monoisotopic (exact) mass is 223 g/mol. The summed E-state index contributed by atoms with van der Waals surface area (Å²) in [6.45, 7) is 3.84. The summed E-state index contributed by atoms with van der Waals surface area (Å²) in [5.41, 5.74) is 1.23. The molecule has 1 N–H and O–H groups in total. The van der Waals surface area contributed by atoms with E-state index < -0.39 is 0 Å². The van der Waals surface area contributed by atoms with Crippen LogP contribution in [0.5, 0.6) is 5.75 Å². The van der Waals surface area contributed by atoms with Crippen molar-refractivity contribution in [2.45, 2.75) is 19.4 Å². The van der Waals surface area contributed by atoms with Gasteiger partial charge in [-0.3, -0.25) is 0 Å². The molecule has 1 unspecified atom stereocenters. The van der Waals surface area contributed by atoms with Crippen molar-refractivity contribution in [2.24, 2.45) is 0 Å². The molecule has 3 heteroatoms. The van der Waals surface area contributed by atoms with Gasteiger partial charge in [0.25, 0.3) is 0 Å². The SMILES string of the molecule is CCCNC(COC)c1ccc(OC)cc1. The number of nitrogens with one attached hydrogen (secondary N) is 1. The van der Waals surface area contributed by atoms with Gasteiger partial charge in [-0.2, -0.15) is 0 Å². The van der Waals surface area contributed by atoms with Crippen LogP contribution in [-0.2, 0) is 4.74 Å². The van der Waals surface area contributed by atoms with E-state index in [0.717, 1.165) is 18.7 Å². The van der Waals surface area contributed by atoms with E-state index in [1.165, 1.54) is 5.56 Å². The minimum atomic E-state index is 0.260. The van der Waals surface area contributed by atoms with Gasteiger partial charge in [0.15, 0.2) is 0 Å². The molecule has 0 saturated heterocycles. The van der Waals surface area contributed by atoms with E-state index >= 15 is 0 Å². The van der Waals surface area contributed by atoms with Crippen LogP contribution >= 0.6 is 0 Å². The predicted octanol–water partition coefficient (Wildman–Crippen LogP) is 2.38. The minimum absolute atomic E-state index is 0.260. The fourth-order valence-corrected chi connectivity index (χ4v) is 1.59. The Kier molecular flexibility index (Phi) is 5.90. The van der Waals surface area contributed by atoms with Crippen LogP contribution in [0.3, 0.4) is 0 Å². The fraction of sp³-hybridized carbons (Fsp3) is 0.538. The van der Waals surface area contributed by atoms with Crippen molar-refractivity contribution in [1.29, 1.82) is 0 Å². The zero-order valence-electron chi connectivity index (χ0n) is 10.3. The van der Waals surface area contributed by atoms with Crippen molar-refractivity contribution in [3.63, 3.8) is 0 Å². The summed E-state index contributed by atoms with van der Waals surface area (Å²) >= 11 is 0. The van der Waals surface area contributed by atoms with E-state index in [1.54, 1.807) is 14.2 Å². The molecule has 1 aromatic carbocycles. The molecule has 0 saturated carbocycles. The summed E-state index contributed by atoms with van der Waals surface area (Å²) in [5.74, 6) is 0.885. The molecule has 1 rings (SSSR count). The van der Waals surface area contributed by atoms with Crippen molar-refractivity contribution < 1.29 is 9.47 Å².